The average molecular weight is 326 g/mol. The number of hydrogen-bond donors (Lipinski definition) is 1. The SMILES string of the molecule is Cc1nn(-c2ccccc2)c(C)c1NC(=O)CN1CCCCCC1. The fraction of sp³-hybridized carbons (Fsp3) is 0.474. The molecule has 1 N–H and O–H groups in total. The van der Waals surface area contributed by atoms with Gasteiger partial charge in [-0.15, -0.1) is 0 Å². The van der Waals surface area contributed by atoms with Crippen LogP contribution in [0.3, 0.4) is 0 Å². The average Bonchev–Trinajstić information content (AvgIpc) is 2.77. The van der Waals surface area contributed by atoms with Crippen LogP contribution in [0.5, 0.6) is 0 Å². The van der Waals surface area contributed by atoms with Gasteiger partial charge in [0.1, 0.15) is 0 Å². The van der Waals surface area contributed by atoms with Gasteiger partial charge in [0.05, 0.1) is 29.3 Å². The molecule has 24 heavy (non-hydrogen) atoms. The maximum atomic E-state index is 12.5. The number of rotatable bonds is 4. The summed E-state index contributed by atoms with van der Waals surface area (Å²) in [5.41, 5.74) is 3.65. The van der Waals surface area contributed by atoms with Gasteiger partial charge in [-0.2, -0.15) is 5.10 Å². The summed E-state index contributed by atoms with van der Waals surface area (Å²) in [7, 11) is 0. The van der Waals surface area contributed by atoms with Crippen LogP contribution < -0.4 is 5.32 Å². The van der Waals surface area contributed by atoms with Crippen LogP contribution in [0.1, 0.15) is 37.1 Å². The molecule has 0 atom stereocenters. The van der Waals surface area contributed by atoms with Crippen LogP contribution in [-0.4, -0.2) is 40.2 Å². The molecule has 0 aliphatic carbocycles. The molecule has 3 rings (SSSR count). The predicted molar refractivity (Wildman–Crippen MR) is 96.6 cm³/mol. The largest absolute Gasteiger partial charge is 0.322 e. The molecule has 0 bridgehead atoms. The van der Waals surface area contributed by atoms with Gasteiger partial charge in [0.25, 0.3) is 0 Å². The maximum absolute atomic E-state index is 12.5. The van der Waals surface area contributed by atoms with Crippen molar-refractivity contribution in [3.05, 3.63) is 41.7 Å². The van der Waals surface area contributed by atoms with Crippen molar-refractivity contribution in [2.24, 2.45) is 0 Å². The van der Waals surface area contributed by atoms with E-state index in [9.17, 15) is 4.79 Å². The lowest BCUT2D eigenvalue weighted by atomic mass is 10.2. The lowest BCUT2D eigenvalue weighted by Crippen LogP contribution is -2.34. The number of para-hydroxylation sites is 1. The number of nitrogens with zero attached hydrogens (tertiary/aromatic N) is 3. The Morgan fingerprint density at radius 2 is 1.75 bits per heavy atom. The van der Waals surface area contributed by atoms with Gasteiger partial charge in [-0.1, -0.05) is 31.0 Å². The third kappa shape index (κ3) is 3.85. The van der Waals surface area contributed by atoms with Crippen molar-refractivity contribution in [2.75, 3.05) is 25.0 Å². The highest BCUT2D eigenvalue weighted by molar-refractivity contribution is 5.93. The van der Waals surface area contributed by atoms with E-state index in [1.54, 1.807) is 0 Å². The summed E-state index contributed by atoms with van der Waals surface area (Å²) in [6.07, 6.45) is 4.94. The van der Waals surface area contributed by atoms with Crippen molar-refractivity contribution in [2.45, 2.75) is 39.5 Å². The van der Waals surface area contributed by atoms with E-state index in [0.717, 1.165) is 35.9 Å². The van der Waals surface area contributed by atoms with Crippen LogP contribution >= 0.6 is 0 Å². The predicted octanol–water partition coefficient (Wildman–Crippen LogP) is 3.30. The number of nitrogens with one attached hydrogen (secondary N) is 1. The van der Waals surface area contributed by atoms with Crippen molar-refractivity contribution in [3.63, 3.8) is 0 Å². The second-order valence-corrected chi connectivity index (χ2v) is 6.53. The summed E-state index contributed by atoms with van der Waals surface area (Å²) in [6, 6.07) is 10.00. The second-order valence-electron chi connectivity index (χ2n) is 6.53. The number of likely N-dealkylation sites (tertiary alicyclic amines) is 1. The fourth-order valence-electron chi connectivity index (χ4n) is 3.32. The normalized spacial score (nSPS) is 15.9. The summed E-state index contributed by atoms with van der Waals surface area (Å²) in [6.45, 7) is 6.45. The molecule has 128 valence electrons. The number of aromatic nitrogens is 2. The van der Waals surface area contributed by atoms with E-state index in [1.165, 1.54) is 25.7 Å². The summed E-state index contributed by atoms with van der Waals surface area (Å²) in [4.78, 5) is 14.7. The molecule has 1 amide bonds. The van der Waals surface area contributed by atoms with Gasteiger partial charge in [0.15, 0.2) is 0 Å². The Morgan fingerprint density at radius 1 is 1.08 bits per heavy atom. The molecule has 1 saturated heterocycles. The lowest BCUT2D eigenvalue weighted by Gasteiger charge is -2.19. The minimum atomic E-state index is 0.0516. The summed E-state index contributed by atoms with van der Waals surface area (Å²) >= 11 is 0. The fourth-order valence-corrected chi connectivity index (χ4v) is 3.32. The number of benzene rings is 1. The summed E-state index contributed by atoms with van der Waals surface area (Å²) in [5.74, 6) is 0.0516. The molecule has 0 saturated carbocycles. The third-order valence-corrected chi connectivity index (χ3v) is 4.62. The van der Waals surface area contributed by atoms with E-state index in [-0.39, 0.29) is 5.91 Å². The molecule has 0 radical (unpaired) electrons. The summed E-state index contributed by atoms with van der Waals surface area (Å²) < 4.78 is 1.89. The van der Waals surface area contributed by atoms with Crippen molar-refractivity contribution < 1.29 is 4.79 Å². The van der Waals surface area contributed by atoms with Gasteiger partial charge >= 0.3 is 0 Å². The van der Waals surface area contributed by atoms with Crippen LogP contribution in [0.25, 0.3) is 5.69 Å². The van der Waals surface area contributed by atoms with Gasteiger partial charge < -0.3 is 5.32 Å². The molecular weight excluding hydrogens is 300 g/mol. The van der Waals surface area contributed by atoms with Crippen molar-refractivity contribution in [3.8, 4) is 5.69 Å². The van der Waals surface area contributed by atoms with Gasteiger partial charge in [-0.3, -0.25) is 9.69 Å². The number of hydrogen-bond acceptors (Lipinski definition) is 3. The zero-order chi connectivity index (χ0) is 16.9. The van der Waals surface area contributed by atoms with E-state index < -0.39 is 0 Å². The van der Waals surface area contributed by atoms with Gasteiger partial charge in [0, 0.05) is 0 Å². The highest BCUT2D eigenvalue weighted by Gasteiger charge is 2.17. The molecule has 0 unspecified atom stereocenters. The van der Waals surface area contributed by atoms with E-state index in [4.69, 9.17) is 0 Å². The number of amides is 1. The Balaban J connectivity index is 1.71. The van der Waals surface area contributed by atoms with Gasteiger partial charge in [0.2, 0.25) is 5.91 Å². The molecule has 2 aromatic rings. The first kappa shape index (κ1) is 16.7. The molecule has 5 heteroatoms. The van der Waals surface area contributed by atoms with Crippen molar-refractivity contribution in [1.82, 2.24) is 14.7 Å². The molecule has 1 aliphatic heterocycles. The topological polar surface area (TPSA) is 50.2 Å². The molecule has 1 fully saturated rings. The van der Waals surface area contributed by atoms with Crippen LogP contribution in [0.2, 0.25) is 0 Å². The summed E-state index contributed by atoms with van der Waals surface area (Å²) in [5, 5.41) is 7.66. The van der Waals surface area contributed by atoms with Crippen LogP contribution in [-0.2, 0) is 4.79 Å². The first-order chi connectivity index (χ1) is 11.6. The zero-order valence-corrected chi connectivity index (χ0v) is 14.6. The molecular formula is C19H26N4O. The van der Waals surface area contributed by atoms with Gasteiger partial charge in [-0.05, 0) is 51.9 Å². The smallest absolute Gasteiger partial charge is 0.238 e. The first-order valence-corrected chi connectivity index (χ1v) is 8.79. The zero-order valence-electron chi connectivity index (χ0n) is 14.6. The van der Waals surface area contributed by atoms with Crippen molar-refractivity contribution in [1.29, 1.82) is 0 Å². The van der Waals surface area contributed by atoms with E-state index in [1.807, 2.05) is 48.9 Å². The Kier molecular flexibility index (Phi) is 5.30. The number of carbonyl (C=O) groups is 1. The first-order valence-electron chi connectivity index (χ1n) is 8.79. The molecule has 0 spiro atoms. The second kappa shape index (κ2) is 7.62. The molecule has 5 nitrogen and oxygen atoms in total. The van der Waals surface area contributed by atoms with E-state index >= 15 is 0 Å². The Hall–Kier alpha value is -2.14. The number of anilines is 1. The van der Waals surface area contributed by atoms with Crippen LogP contribution in [0.15, 0.2) is 30.3 Å². The molecule has 1 aliphatic rings. The Morgan fingerprint density at radius 3 is 2.42 bits per heavy atom. The minimum Gasteiger partial charge on any atom is -0.322 e. The number of aryl methyl sites for hydroxylation is 1. The quantitative estimate of drug-likeness (QED) is 0.938. The van der Waals surface area contributed by atoms with E-state index in [2.05, 4.69) is 15.3 Å². The molecule has 2 heterocycles. The van der Waals surface area contributed by atoms with Gasteiger partial charge in [-0.25, -0.2) is 4.68 Å². The maximum Gasteiger partial charge on any atom is 0.238 e. The lowest BCUT2D eigenvalue weighted by molar-refractivity contribution is -0.117. The Labute approximate surface area is 143 Å². The van der Waals surface area contributed by atoms with E-state index in [0.29, 0.717) is 6.54 Å². The number of carbonyl (C=O) groups excluding carboxylic acids is 1. The molecule has 1 aromatic heterocycles. The standard InChI is InChI=1S/C19H26N4O/c1-15-19(16(2)23(21-15)17-10-6-5-7-11-17)20-18(24)14-22-12-8-3-4-9-13-22/h5-7,10-11H,3-4,8-9,12-14H2,1-2H3,(H,20,24). The van der Waals surface area contributed by atoms with Crippen LogP contribution in [0, 0.1) is 13.8 Å². The van der Waals surface area contributed by atoms with Crippen LogP contribution in [0.4, 0.5) is 5.69 Å². The molecule has 1 aromatic carbocycles. The monoisotopic (exact) mass is 326 g/mol. The Bertz CT molecular complexity index is 685. The third-order valence-electron chi connectivity index (χ3n) is 4.62. The minimum absolute atomic E-state index is 0.0516. The highest BCUT2D eigenvalue weighted by Crippen LogP contribution is 2.22. The van der Waals surface area contributed by atoms with Crippen molar-refractivity contribution >= 4 is 11.6 Å². The highest BCUT2D eigenvalue weighted by atomic mass is 16.2.